The number of carbonyl (C=O) groups is 1. The number of nitrogens with one attached hydrogen (secondary N) is 1. The van der Waals surface area contributed by atoms with Crippen LogP contribution in [0.2, 0.25) is 0 Å². The molecule has 0 fully saturated rings. The molecular formula is C17H16BrFN4O2S. The summed E-state index contributed by atoms with van der Waals surface area (Å²) in [4.78, 5) is 14.1. The third kappa shape index (κ3) is 4.61. The average Bonchev–Trinajstić information content (AvgIpc) is 3.08. The van der Waals surface area contributed by atoms with Gasteiger partial charge in [0.1, 0.15) is 16.9 Å². The van der Waals surface area contributed by atoms with Gasteiger partial charge < -0.3 is 10.4 Å². The predicted molar refractivity (Wildman–Crippen MR) is 103 cm³/mol. The Balaban J connectivity index is 1.70. The number of aliphatic hydroxyl groups is 1. The molecule has 0 aliphatic heterocycles. The van der Waals surface area contributed by atoms with Crippen LogP contribution in [0.4, 0.5) is 10.1 Å². The minimum atomic E-state index is -0.352. The van der Waals surface area contributed by atoms with Crippen molar-refractivity contribution in [3.05, 3.63) is 52.3 Å². The van der Waals surface area contributed by atoms with Gasteiger partial charge in [0.2, 0.25) is 5.91 Å². The lowest BCUT2D eigenvalue weighted by atomic mass is 10.2. The van der Waals surface area contributed by atoms with E-state index in [4.69, 9.17) is 0 Å². The SMILES string of the molecule is O=C(CN(CCO)Cc1cc(Br)ccc1F)Nc1cccc2nsnc12. The van der Waals surface area contributed by atoms with Gasteiger partial charge >= 0.3 is 0 Å². The molecule has 0 unspecified atom stereocenters. The molecule has 0 radical (unpaired) electrons. The van der Waals surface area contributed by atoms with Crippen molar-refractivity contribution in [2.75, 3.05) is 25.0 Å². The first-order valence-corrected chi connectivity index (χ1v) is 9.37. The summed E-state index contributed by atoms with van der Waals surface area (Å²) in [7, 11) is 0. The quantitative estimate of drug-likeness (QED) is 0.592. The van der Waals surface area contributed by atoms with Gasteiger partial charge in [-0.15, -0.1) is 0 Å². The van der Waals surface area contributed by atoms with E-state index in [0.29, 0.717) is 16.8 Å². The number of aliphatic hydroxyl groups excluding tert-OH is 1. The van der Waals surface area contributed by atoms with E-state index in [1.807, 2.05) is 6.07 Å². The number of rotatable bonds is 7. The molecule has 0 atom stereocenters. The number of hydrogen-bond donors (Lipinski definition) is 2. The van der Waals surface area contributed by atoms with Crippen molar-refractivity contribution in [1.29, 1.82) is 0 Å². The van der Waals surface area contributed by atoms with E-state index in [2.05, 4.69) is 30.0 Å². The molecule has 2 N–H and O–H groups in total. The highest BCUT2D eigenvalue weighted by molar-refractivity contribution is 9.10. The Morgan fingerprint density at radius 1 is 1.31 bits per heavy atom. The highest BCUT2D eigenvalue weighted by Gasteiger charge is 2.15. The Hall–Kier alpha value is -1.94. The second-order valence-corrected chi connectivity index (χ2v) is 7.10. The number of carbonyl (C=O) groups excluding carboxylic acids is 1. The van der Waals surface area contributed by atoms with Crippen molar-refractivity contribution in [2.24, 2.45) is 0 Å². The summed E-state index contributed by atoms with van der Waals surface area (Å²) < 4.78 is 23.0. The lowest BCUT2D eigenvalue weighted by Crippen LogP contribution is -2.35. The molecule has 2 aromatic carbocycles. The predicted octanol–water partition coefficient (Wildman–Crippen LogP) is 3.03. The standard InChI is InChI=1S/C17H16BrFN4O2S/c18-12-4-5-13(19)11(8-12)9-23(6-7-24)10-16(25)20-14-2-1-3-15-17(14)22-26-21-15/h1-5,8,24H,6-7,9-10H2,(H,20,25). The van der Waals surface area contributed by atoms with Crippen LogP contribution in [-0.2, 0) is 11.3 Å². The normalized spacial score (nSPS) is 11.2. The van der Waals surface area contributed by atoms with Crippen molar-refractivity contribution < 1.29 is 14.3 Å². The van der Waals surface area contributed by atoms with E-state index in [1.165, 1.54) is 6.07 Å². The smallest absolute Gasteiger partial charge is 0.238 e. The zero-order valence-electron chi connectivity index (χ0n) is 13.7. The molecule has 136 valence electrons. The van der Waals surface area contributed by atoms with Crippen LogP contribution in [0.15, 0.2) is 40.9 Å². The first kappa shape index (κ1) is 18.8. The van der Waals surface area contributed by atoms with E-state index >= 15 is 0 Å². The zero-order chi connectivity index (χ0) is 18.5. The molecule has 9 heteroatoms. The van der Waals surface area contributed by atoms with Crippen LogP contribution in [0.3, 0.4) is 0 Å². The number of amides is 1. The number of hydrogen-bond acceptors (Lipinski definition) is 6. The molecule has 1 amide bonds. The van der Waals surface area contributed by atoms with E-state index in [1.54, 1.807) is 29.2 Å². The molecule has 0 saturated carbocycles. The highest BCUT2D eigenvalue weighted by atomic mass is 79.9. The van der Waals surface area contributed by atoms with Gasteiger partial charge in [-0.3, -0.25) is 9.69 Å². The molecule has 0 saturated heterocycles. The lowest BCUT2D eigenvalue weighted by molar-refractivity contribution is -0.117. The molecule has 26 heavy (non-hydrogen) atoms. The van der Waals surface area contributed by atoms with Crippen LogP contribution in [0.5, 0.6) is 0 Å². The molecule has 6 nitrogen and oxygen atoms in total. The van der Waals surface area contributed by atoms with Crippen LogP contribution in [0.25, 0.3) is 11.0 Å². The molecule has 1 aromatic heterocycles. The monoisotopic (exact) mass is 438 g/mol. The zero-order valence-corrected chi connectivity index (χ0v) is 16.1. The van der Waals surface area contributed by atoms with E-state index in [9.17, 15) is 14.3 Å². The molecule has 0 spiro atoms. The van der Waals surface area contributed by atoms with Gasteiger partial charge in [-0.05, 0) is 30.3 Å². The van der Waals surface area contributed by atoms with Crippen molar-refractivity contribution >= 4 is 50.3 Å². The van der Waals surface area contributed by atoms with Crippen LogP contribution in [0, 0.1) is 5.82 Å². The number of benzene rings is 2. The second kappa shape index (κ2) is 8.63. The molecule has 3 rings (SSSR count). The molecule has 3 aromatic rings. The molecule has 1 heterocycles. The minimum absolute atomic E-state index is 0.0144. The van der Waals surface area contributed by atoms with Crippen molar-refractivity contribution in [2.45, 2.75) is 6.54 Å². The van der Waals surface area contributed by atoms with Crippen molar-refractivity contribution in [3.63, 3.8) is 0 Å². The van der Waals surface area contributed by atoms with Gasteiger partial charge in [-0.1, -0.05) is 22.0 Å². The van der Waals surface area contributed by atoms with Gasteiger partial charge in [-0.25, -0.2) is 4.39 Å². The summed E-state index contributed by atoms with van der Waals surface area (Å²) in [5, 5.41) is 12.1. The Kier molecular flexibility index (Phi) is 6.25. The molecule has 0 bridgehead atoms. The average molecular weight is 439 g/mol. The topological polar surface area (TPSA) is 78.4 Å². The van der Waals surface area contributed by atoms with E-state index < -0.39 is 0 Å². The Morgan fingerprint density at radius 2 is 2.15 bits per heavy atom. The number of fused-ring (bicyclic) bond motifs is 1. The largest absolute Gasteiger partial charge is 0.395 e. The first-order chi connectivity index (χ1) is 12.6. The summed E-state index contributed by atoms with van der Waals surface area (Å²) in [6, 6.07) is 10.0. The first-order valence-electron chi connectivity index (χ1n) is 7.85. The Labute approximate surface area is 162 Å². The van der Waals surface area contributed by atoms with Gasteiger partial charge in [0.05, 0.1) is 30.6 Å². The highest BCUT2D eigenvalue weighted by Crippen LogP contribution is 2.21. The second-order valence-electron chi connectivity index (χ2n) is 5.66. The van der Waals surface area contributed by atoms with Gasteiger partial charge in [0.25, 0.3) is 0 Å². The maximum absolute atomic E-state index is 14.0. The number of halogens is 2. The van der Waals surface area contributed by atoms with Crippen molar-refractivity contribution in [3.8, 4) is 0 Å². The summed E-state index contributed by atoms with van der Waals surface area (Å²) in [5.41, 5.74) is 2.39. The van der Waals surface area contributed by atoms with Gasteiger partial charge in [0, 0.05) is 23.1 Å². The van der Waals surface area contributed by atoms with Crippen LogP contribution >= 0.6 is 27.7 Å². The third-order valence-electron chi connectivity index (χ3n) is 3.75. The van der Waals surface area contributed by atoms with Gasteiger partial charge in [0.15, 0.2) is 0 Å². The Bertz CT molecular complexity index is 921. The summed E-state index contributed by atoms with van der Waals surface area (Å²) in [6.45, 7) is 0.346. The molecular weight excluding hydrogens is 423 g/mol. The lowest BCUT2D eigenvalue weighted by Gasteiger charge is -2.21. The number of anilines is 1. The number of aromatic nitrogens is 2. The van der Waals surface area contributed by atoms with Crippen molar-refractivity contribution in [1.82, 2.24) is 13.6 Å². The maximum Gasteiger partial charge on any atom is 0.238 e. The van der Waals surface area contributed by atoms with Crippen LogP contribution in [-0.4, -0.2) is 44.4 Å². The molecule has 0 aliphatic rings. The Morgan fingerprint density at radius 3 is 2.96 bits per heavy atom. The minimum Gasteiger partial charge on any atom is -0.395 e. The van der Waals surface area contributed by atoms with Gasteiger partial charge in [-0.2, -0.15) is 8.75 Å². The van der Waals surface area contributed by atoms with E-state index in [-0.39, 0.29) is 38.0 Å². The fourth-order valence-electron chi connectivity index (χ4n) is 2.56. The van der Waals surface area contributed by atoms with Crippen LogP contribution < -0.4 is 5.32 Å². The summed E-state index contributed by atoms with van der Waals surface area (Å²) in [6.07, 6.45) is 0. The van der Waals surface area contributed by atoms with E-state index in [0.717, 1.165) is 21.7 Å². The molecule has 0 aliphatic carbocycles. The fraction of sp³-hybridized carbons (Fsp3) is 0.235. The summed E-state index contributed by atoms with van der Waals surface area (Å²) >= 11 is 4.39. The fourth-order valence-corrected chi connectivity index (χ4v) is 3.52. The third-order valence-corrected chi connectivity index (χ3v) is 4.78. The number of nitrogens with zero attached hydrogens (tertiary/aromatic N) is 3. The maximum atomic E-state index is 14.0. The van der Waals surface area contributed by atoms with Crippen LogP contribution in [0.1, 0.15) is 5.56 Å². The summed E-state index contributed by atoms with van der Waals surface area (Å²) in [5.74, 6) is -0.621.